The summed E-state index contributed by atoms with van der Waals surface area (Å²) in [7, 11) is 0. The Kier molecular flexibility index (Phi) is 14.4. The Bertz CT molecular complexity index is 368. The lowest BCUT2D eigenvalue weighted by Gasteiger charge is -2.24. The molecule has 0 radical (unpaired) electrons. The number of esters is 2. The van der Waals surface area contributed by atoms with Gasteiger partial charge in [0.1, 0.15) is 6.10 Å². The lowest BCUT2D eigenvalue weighted by molar-refractivity contribution is -0.154. The number of hydrogen-bond acceptors (Lipinski definition) is 4. The summed E-state index contributed by atoms with van der Waals surface area (Å²) in [4.78, 5) is 23.8. The van der Waals surface area contributed by atoms with Crippen LogP contribution in [0.5, 0.6) is 0 Å². The number of rotatable bonds is 15. The van der Waals surface area contributed by atoms with Gasteiger partial charge in [-0.15, -0.1) is 0 Å². The highest BCUT2D eigenvalue weighted by molar-refractivity contribution is 5.72. The van der Waals surface area contributed by atoms with Crippen molar-refractivity contribution in [2.24, 2.45) is 11.8 Å². The van der Waals surface area contributed by atoms with Crippen LogP contribution in [0.2, 0.25) is 0 Å². The van der Waals surface area contributed by atoms with Gasteiger partial charge in [0.25, 0.3) is 0 Å². The van der Waals surface area contributed by atoms with Crippen LogP contribution >= 0.6 is 0 Å². The van der Waals surface area contributed by atoms with E-state index >= 15 is 0 Å². The zero-order valence-corrected chi connectivity index (χ0v) is 18.0. The van der Waals surface area contributed by atoms with Crippen molar-refractivity contribution >= 4 is 11.9 Å². The minimum Gasteiger partial charge on any atom is -0.463 e. The highest BCUT2D eigenvalue weighted by Gasteiger charge is 2.21. The van der Waals surface area contributed by atoms with Crippen molar-refractivity contribution in [1.82, 2.24) is 0 Å². The molecular weight excluding hydrogens is 328 g/mol. The summed E-state index contributed by atoms with van der Waals surface area (Å²) in [6.07, 6.45) is 9.32. The molecule has 0 rings (SSSR count). The van der Waals surface area contributed by atoms with Crippen LogP contribution in [-0.2, 0) is 19.1 Å². The number of ether oxygens (including phenoxy) is 2. The van der Waals surface area contributed by atoms with Gasteiger partial charge in [-0.1, -0.05) is 66.7 Å². The van der Waals surface area contributed by atoms with E-state index < -0.39 is 0 Å². The molecule has 0 heterocycles. The van der Waals surface area contributed by atoms with Gasteiger partial charge in [0.2, 0.25) is 0 Å². The maximum atomic E-state index is 11.9. The molecule has 0 bridgehead atoms. The van der Waals surface area contributed by atoms with Gasteiger partial charge < -0.3 is 9.47 Å². The van der Waals surface area contributed by atoms with Crippen LogP contribution in [0.15, 0.2) is 0 Å². The molecule has 0 saturated heterocycles. The van der Waals surface area contributed by atoms with Crippen molar-refractivity contribution in [1.29, 1.82) is 0 Å². The van der Waals surface area contributed by atoms with E-state index in [0.717, 1.165) is 12.8 Å². The third kappa shape index (κ3) is 13.2. The van der Waals surface area contributed by atoms with E-state index in [1.165, 1.54) is 32.1 Å². The maximum absolute atomic E-state index is 11.9. The fraction of sp³-hybridized carbons (Fsp3) is 0.909. The molecule has 0 N–H and O–H groups in total. The van der Waals surface area contributed by atoms with E-state index in [4.69, 9.17) is 9.47 Å². The smallest absolute Gasteiger partial charge is 0.306 e. The molecule has 1 atom stereocenters. The minimum absolute atomic E-state index is 0.0353. The maximum Gasteiger partial charge on any atom is 0.306 e. The first-order chi connectivity index (χ1) is 12.3. The first kappa shape index (κ1) is 24.9. The molecule has 0 saturated carbocycles. The molecular formula is C22H42O4. The first-order valence-electron chi connectivity index (χ1n) is 10.7. The van der Waals surface area contributed by atoms with Gasteiger partial charge in [-0.05, 0) is 38.0 Å². The summed E-state index contributed by atoms with van der Waals surface area (Å²) < 4.78 is 11.0. The van der Waals surface area contributed by atoms with Gasteiger partial charge in [0, 0.05) is 12.8 Å². The molecule has 4 heteroatoms. The van der Waals surface area contributed by atoms with Gasteiger partial charge in [0.15, 0.2) is 0 Å². The molecule has 0 aromatic heterocycles. The lowest BCUT2D eigenvalue weighted by atomic mass is 9.96. The minimum atomic E-state index is -0.217. The van der Waals surface area contributed by atoms with E-state index in [1.54, 1.807) is 0 Å². The molecule has 26 heavy (non-hydrogen) atoms. The van der Waals surface area contributed by atoms with E-state index in [0.29, 0.717) is 18.3 Å². The van der Waals surface area contributed by atoms with Gasteiger partial charge >= 0.3 is 11.9 Å². The highest BCUT2D eigenvalue weighted by Crippen LogP contribution is 2.17. The second kappa shape index (κ2) is 15.0. The molecule has 0 aliphatic carbocycles. The zero-order chi connectivity index (χ0) is 19.9. The average molecular weight is 371 g/mol. The Hall–Kier alpha value is -1.06. The topological polar surface area (TPSA) is 52.6 Å². The summed E-state index contributed by atoms with van der Waals surface area (Å²) in [5.74, 6) is 0.171. The summed E-state index contributed by atoms with van der Waals surface area (Å²) in [5.41, 5.74) is 0. The predicted molar refractivity (Wildman–Crippen MR) is 107 cm³/mol. The second-order valence-corrected chi connectivity index (χ2v) is 8.15. The molecule has 154 valence electrons. The molecule has 0 aliphatic rings. The number of carbonyl (C=O) groups excluding carboxylic acids is 2. The van der Waals surface area contributed by atoms with Gasteiger partial charge in [-0.3, -0.25) is 9.59 Å². The van der Waals surface area contributed by atoms with E-state index in [2.05, 4.69) is 34.6 Å². The van der Waals surface area contributed by atoms with Crippen molar-refractivity contribution in [3.8, 4) is 0 Å². The van der Waals surface area contributed by atoms with Crippen LogP contribution in [0.25, 0.3) is 0 Å². The Morgan fingerprint density at radius 1 is 0.692 bits per heavy atom. The third-order valence-electron chi connectivity index (χ3n) is 4.64. The summed E-state index contributed by atoms with van der Waals surface area (Å²) in [5, 5.41) is 0. The Morgan fingerprint density at radius 2 is 1.19 bits per heavy atom. The fourth-order valence-corrected chi connectivity index (χ4v) is 3.18. The normalized spacial score (nSPS) is 12.7. The molecule has 0 spiro atoms. The highest BCUT2D eigenvalue weighted by atomic mass is 16.5. The van der Waals surface area contributed by atoms with E-state index in [-0.39, 0.29) is 37.0 Å². The molecule has 0 aromatic carbocycles. The summed E-state index contributed by atoms with van der Waals surface area (Å²) in [6, 6.07) is 0. The van der Waals surface area contributed by atoms with Crippen molar-refractivity contribution < 1.29 is 19.1 Å². The molecule has 1 unspecified atom stereocenters. The van der Waals surface area contributed by atoms with Crippen molar-refractivity contribution in [2.75, 3.05) is 0 Å². The lowest BCUT2D eigenvalue weighted by Crippen LogP contribution is -2.28. The predicted octanol–water partition coefficient (Wildman–Crippen LogP) is 6.06. The largest absolute Gasteiger partial charge is 0.463 e. The van der Waals surface area contributed by atoms with Crippen LogP contribution in [0.4, 0.5) is 0 Å². The third-order valence-corrected chi connectivity index (χ3v) is 4.64. The Balaban J connectivity index is 3.82. The molecule has 0 aliphatic heterocycles. The Labute approximate surface area is 161 Å². The standard InChI is InChI=1S/C22H42O4/c1-7-8-9-10-11-12-14-19(6)25-20(23)15-13-16-21(24)26-22(17(2)3)18(4)5/h17-19,22H,7-16H2,1-6H3. The SMILES string of the molecule is CCCCCCCCC(C)OC(=O)CCCC(=O)OC(C(C)C)C(C)C. The fourth-order valence-electron chi connectivity index (χ4n) is 3.18. The van der Waals surface area contributed by atoms with E-state index in [9.17, 15) is 9.59 Å². The molecule has 0 amide bonds. The molecule has 4 nitrogen and oxygen atoms in total. The number of hydrogen-bond donors (Lipinski definition) is 0. The summed E-state index contributed by atoms with van der Waals surface area (Å²) in [6.45, 7) is 12.4. The van der Waals surface area contributed by atoms with Crippen molar-refractivity contribution in [3.05, 3.63) is 0 Å². The summed E-state index contributed by atoms with van der Waals surface area (Å²) >= 11 is 0. The number of unbranched alkanes of at least 4 members (excludes halogenated alkanes) is 5. The second-order valence-electron chi connectivity index (χ2n) is 8.15. The quantitative estimate of drug-likeness (QED) is 0.259. The van der Waals surface area contributed by atoms with Gasteiger partial charge in [-0.25, -0.2) is 0 Å². The van der Waals surface area contributed by atoms with Crippen molar-refractivity contribution in [2.45, 2.75) is 118 Å². The van der Waals surface area contributed by atoms with Crippen LogP contribution in [0, 0.1) is 11.8 Å². The van der Waals surface area contributed by atoms with Gasteiger partial charge in [0.05, 0.1) is 6.10 Å². The Morgan fingerprint density at radius 3 is 1.73 bits per heavy atom. The van der Waals surface area contributed by atoms with Crippen molar-refractivity contribution in [3.63, 3.8) is 0 Å². The van der Waals surface area contributed by atoms with Gasteiger partial charge in [-0.2, -0.15) is 0 Å². The molecule has 0 aromatic rings. The van der Waals surface area contributed by atoms with E-state index in [1.807, 2.05) is 6.92 Å². The number of carbonyl (C=O) groups is 2. The monoisotopic (exact) mass is 370 g/mol. The van der Waals surface area contributed by atoms with Crippen LogP contribution in [-0.4, -0.2) is 24.1 Å². The zero-order valence-electron chi connectivity index (χ0n) is 18.0. The van der Waals surface area contributed by atoms with Crippen LogP contribution in [0.1, 0.15) is 106 Å². The average Bonchev–Trinajstić information content (AvgIpc) is 2.55. The van der Waals surface area contributed by atoms with Crippen LogP contribution < -0.4 is 0 Å². The molecule has 0 fully saturated rings. The van der Waals surface area contributed by atoms with Crippen LogP contribution in [0.3, 0.4) is 0 Å². The first-order valence-corrected chi connectivity index (χ1v) is 10.7.